The molecule has 0 aromatic carbocycles. The van der Waals surface area contributed by atoms with E-state index >= 15 is 0 Å². The molecule has 36 valence electrons. The van der Waals surface area contributed by atoms with Crippen LogP contribution in [-0.4, -0.2) is 25.3 Å². The van der Waals surface area contributed by atoms with Crippen LogP contribution >= 0.6 is 0 Å². The number of hydrogen-bond donors (Lipinski definition) is 0. The first kappa shape index (κ1) is 5.48. The summed E-state index contributed by atoms with van der Waals surface area (Å²) in [7, 11) is 10.6. The Kier molecular flexibility index (Phi) is 1.16. The predicted molar refractivity (Wildman–Crippen MR) is 33.5 cm³/mol. The van der Waals surface area contributed by atoms with Gasteiger partial charge in [-0.3, -0.25) is 0 Å². The Morgan fingerprint density at radius 2 is 2.38 bits per heavy atom. The molecule has 1 aromatic rings. The Labute approximate surface area is 50.8 Å². The van der Waals surface area contributed by atoms with E-state index in [1.807, 2.05) is 0 Å². The molecule has 0 aliphatic carbocycles. The average Bonchev–Trinajstić information content (AvgIpc) is 1.98. The van der Waals surface area contributed by atoms with Gasteiger partial charge >= 0.3 is 0 Å². The van der Waals surface area contributed by atoms with Crippen LogP contribution in [0.2, 0.25) is 0 Å². The highest BCUT2D eigenvalue weighted by Gasteiger charge is 1.92. The summed E-state index contributed by atoms with van der Waals surface area (Å²) in [5.74, 6) is 0.725. The molecule has 0 fully saturated rings. The van der Waals surface area contributed by atoms with Gasteiger partial charge in [-0.15, -0.1) is 0 Å². The third kappa shape index (κ3) is 0.660. The minimum Gasteiger partial charge on any atom is -0.397 e. The molecule has 0 saturated heterocycles. The predicted octanol–water partition coefficient (Wildman–Crippen LogP) is -1.08. The fourth-order valence-corrected chi connectivity index (χ4v) is 0.471. The smallest absolute Gasteiger partial charge is 0.234 e. The van der Waals surface area contributed by atoms with Crippen LogP contribution in [0.5, 0.6) is 0 Å². The van der Waals surface area contributed by atoms with Crippen molar-refractivity contribution < 1.29 is 0 Å². The molecular formula is C4H4B2N2. The van der Waals surface area contributed by atoms with Gasteiger partial charge in [0.1, 0.15) is 7.85 Å². The molecule has 0 aliphatic rings. The summed E-state index contributed by atoms with van der Waals surface area (Å²) >= 11 is 0. The lowest BCUT2D eigenvalue weighted by molar-refractivity contribution is 1.09. The van der Waals surface area contributed by atoms with Gasteiger partial charge in [0.25, 0.3) is 0 Å². The van der Waals surface area contributed by atoms with E-state index in [-0.39, 0.29) is 0 Å². The second-order valence-electron chi connectivity index (χ2n) is 1.60. The third-order valence-electron chi connectivity index (χ3n) is 1.01. The van der Waals surface area contributed by atoms with Crippen LogP contribution in [0.3, 0.4) is 0 Å². The van der Waals surface area contributed by atoms with E-state index in [0.29, 0.717) is 5.59 Å². The Morgan fingerprint density at radius 3 is 2.50 bits per heavy atom. The van der Waals surface area contributed by atoms with Crippen LogP contribution < -0.4 is 5.59 Å². The largest absolute Gasteiger partial charge is 0.397 e. The molecule has 0 spiro atoms. The molecule has 1 heterocycles. The molecule has 1 rings (SSSR count). The third-order valence-corrected chi connectivity index (χ3v) is 1.01. The fraction of sp³-hybridized carbons (Fsp3) is 0.250. The Hall–Kier alpha value is -0.660. The van der Waals surface area contributed by atoms with Gasteiger partial charge in [0, 0.05) is 6.20 Å². The second-order valence-corrected chi connectivity index (χ2v) is 1.60. The van der Waals surface area contributed by atoms with Crippen molar-refractivity contribution in [3.63, 3.8) is 0 Å². The summed E-state index contributed by atoms with van der Waals surface area (Å²) in [6.45, 7) is 1.79. The van der Waals surface area contributed by atoms with E-state index in [0.717, 1.165) is 5.82 Å². The number of aryl methyl sites for hydroxylation is 1. The molecular weight excluding hydrogens is 97.7 g/mol. The van der Waals surface area contributed by atoms with E-state index in [4.69, 9.17) is 15.8 Å². The minimum absolute atomic E-state index is 0.488. The Bertz CT molecular complexity index is 174. The molecule has 0 atom stereocenters. The van der Waals surface area contributed by atoms with Crippen molar-refractivity contribution in [3.05, 3.63) is 12.0 Å². The lowest BCUT2D eigenvalue weighted by Crippen LogP contribution is -2.15. The van der Waals surface area contributed by atoms with E-state index in [2.05, 4.69) is 4.98 Å². The maximum absolute atomic E-state index is 5.33. The molecule has 0 bridgehead atoms. The summed E-state index contributed by atoms with van der Waals surface area (Å²) in [5.41, 5.74) is 0.488. The topological polar surface area (TPSA) is 17.8 Å². The van der Waals surface area contributed by atoms with Gasteiger partial charge in [-0.25, -0.2) is 4.98 Å². The van der Waals surface area contributed by atoms with Gasteiger partial charge in [0.2, 0.25) is 7.98 Å². The van der Waals surface area contributed by atoms with Crippen molar-refractivity contribution in [1.82, 2.24) is 9.46 Å². The van der Waals surface area contributed by atoms with E-state index < -0.39 is 0 Å². The first-order valence-corrected chi connectivity index (χ1v) is 2.26. The highest BCUT2D eigenvalue weighted by Crippen LogP contribution is 1.82. The lowest BCUT2D eigenvalue weighted by Gasteiger charge is -1.94. The molecule has 4 heteroatoms. The lowest BCUT2D eigenvalue weighted by atomic mass is 10.0. The van der Waals surface area contributed by atoms with Crippen molar-refractivity contribution in [2.24, 2.45) is 0 Å². The molecule has 4 radical (unpaired) electrons. The SMILES string of the molecule is [B]c1cnc(C)n1[B]. The molecule has 1 aromatic heterocycles. The van der Waals surface area contributed by atoms with Gasteiger partial charge in [0.05, 0.1) is 5.82 Å². The van der Waals surface area contributed by atoms with Crippen LogP contribution in [-0.2, 0) is 0 Å². The summed E-state index contributed by atoms with van der Waals surface area (Å²) in [5, 5.41) is 0. The van der Waals surface area contributed by atoms with Crippen molar-refractivity contribution in [2.45, 2.75) is 6.92 Å². The molecule has 2 nitrogen and oxygen atoms in total. The van der Waals surface area contributed by atoms with Crippen molar-refractivity contribution in [2.75, 3.05) is 0 Å². The number of imidazole rings is 1. The quantitative estimate of drug-likeness (QED) is 0.380. The summed E-state index contributed by atoms with van der Waals surface area (Å²) in [6, 6.07) is 0. The van der Waals surface area contributed by atoms with Crippen LogP contribution in [0.25, 0.3) is 0 Å². The molecule has 0 amide bonds. The van der Waals surface area contributed by atoms with Gasteiger partial charge in [-0.2, -0.15) is 0 Å². The normalized spacial score (nSPS) is 9.62. The molecule has 0 unspecified atom stereocenters. The molecule has 0 N–H and O–H groups in total. The summed E-state index contributed by atoms with van der Waals surface area (Å²) < 4.78 is 1.33. The summed E-state index contributed by atoms with van der Waals surface area (Å²) in [6.07, 6.45) is 1.52. The first-order chi connectivity index (χ1) is 3.72. The van der Waals surface area contributed by atoms with Crippen LogP contribution in [0, 0.1) is 6.92 Å². The van der Waals surface area contributed by atoms with Crippen LogP contribution in [0.1, 0.15) is 5.82 Å². The van der Waals surface area contributed by atoms with E-state index in [9.17, 15) is 0 Å². The average molecular weight is 102 g/mol. The summed E-state index contributed by atoms with van der Waals surface area (Å²) in [4.78, 5) is 3.83. The zero-order valence-electron chi connectivity index (χ0n) is 4.63. The van der Waals surface area contributed by atoms with Crippen molar-refractivity contribution in [3.8, 4) is 0 Å². The molecule has 0 aliphatic heterocycles. The number of aromatic nitrogens is 2. The monoisotopic (exact) mass is 102 g/mol. The highest BCUT2D eigenvalue weighted by molar-refractivity contribution is 6.33. The van der Waals surface area contributed by atoms with Gasteiger partial charge < -0.3 is 4.48 Å². The van der Waals surface area contributed by atoms with E-state index in [1.54, 1.807) is 6.92 Å². The molecule has 0 saturated carbocycles. The van der Waals surface area contributed by atoms with Gasteiger partial charge in [-0.1, -0.05) is 0 Å². The van der Waals surface area contributed by atoms with E-state index in [1.165, 1.54) is 10.7 Å². The number of rotatable bonds is 0. The standard InChI is InChI=1S/C4H4B2N2/c1-3-7-2-4(5)8(3)6/h2H,1H3. The second kappa shape index (κ2) is 1.69. The van der Waals surface area contributed by atoms with Gasteiger partial charge in [-0.05, 0) is 12.5 Å². The molecule has 8 heavy (non-hydrogen) atoms. The number of nitrogens with zero attached hydrogens (tertiary/aromatic N) is 2. The first-order valence-electron chi connectivity index (χ1n) is 2.26. The Balaban J connectivity index is 3.19. The fourth-order valence-electron chi connectivity index (χ4n) is 0.471. The number of hydrogen-bond acceptors (Lipinski definition) is 1. The zero-order chi connectivity index (χ0) is 6.15. The minimum atomic E-state index is 0.488. The van der Waals surface area contributed by atoms with Crippen LogP contribution in [0.15, 0.2) is 6.20 Å². The van der Waals surface area contributed by atoms with Crippen molar-refractivity contribution in [1.29, 1.82) is 0 Å². The Morgan fingerprint density at radius 1 is 1.75 bits per heavy atom. The highest BCUT2D eigenvalue weighted by atomic mass is 15.0. The van der Waals surface area contributed by atoms with Gasteiger partial charge in [0.15, 0.2) is 0 Å². The maximum Gasteiger partial charge on any atom is 0.234 e. The zero-order valence-corrected chi connectivity index (χ0v) is 4.63. The maximum atomic E-state index is 5.33. The van der Waals surface area contributed by atoms with Crippen LogP contribution in [0.4, 0.5) is 0 Å². The van der Waals surface area contributed by atoms with Crippen molar-refractivity contribution >= 4 is 21.4 Å².